The number of carboxylic acids is 1. The number of ether oxygens (including phenoxy) is 1. The third-order valence-corrected chi connectivity index (χ3v) is 4.80. The second kappa shape index (κ2) is 22.5. The van der Waals surface area contributed by atoms with Crippen molar-refractivity contribution in [1.29, 1.82) is 0 Å². The Labute approximate surface area is 251 Å². The molecule has 13 heteroatoms. The van der Waals surface area contributed by atoms with Crippen LogP contribution in [0, 0.1) is 0 Å². The van der Waals surface area contributed by atoms with Crippen LogP contribution in [0.4, 0.5) is 22.2 Å². The number of anilines is 3. The minimum atomic E-state index is -0.693. The highest BCUT2D eigenvalue weighted by molar-refractivity contribution is 5.82. The standard InChI is InChI=1S/C22H37N9O2.C5H10O2.C2H6/c1-8-16(13-25-6)28-20-27-14-18(23)19(29-20)31(24)17(9-2)15-30(7)12-10-11-26-21(32)33-22(3,4)5;1-2-3-4-5(6)7;1-2/h8-9,13-15H,2,10-12,23-24H2,1,3-7H3,(H,26,32)(H,27,28,29);2-4H2,1H3,(H,6,7);1-2H3/b16-8+,17-15+,25-13?;;. The summed E-state index contributed by atoms with van der Waals surface area (Å²) in [5.41, 5.74) is 7.16. The van der Waals surface area contributed by atoms with E-state index in [0.717, 1.165) is 18.5 Å². The number of unbranched alkanes of at least 4 members (excludes halogenated alkanes) is 1. The molecular formula is C29H53N9O4. The molecular weight excluding hydrogens is 538 g/mol. The number of aromatic nitrogens is 2. The summed E-state index contributed by atoms with van der Waals surface area (Å²) in [5, 5.41) is 15.2. The topological polar surface area (TPSA) is 184 Å². The number of aliphatic imine (C=N–C) groups is 1. The summed E-state index contributed by atoms with van der Waals surface area (Å²) in [4.78, 5) is 36.0. The van der Waals surface area contributed by atoms with Crippen LogP contribution in [-0.2, 0) is 9.53 Å². The van der Waals surface area contributed by atoms with Crippen molar-refractivity contribution in [2.24, 2.45) is 10.8 Å². The van der Waals surface area contributed by atoms with Gasteiger partial charge in [0.15, 0.2) is 5.82 Å². The Bertz CT molecular complexity index is 1030. The summed E-state index contributed by atoms with van der Waals surface area (Å²) in [6, 6.07) is 0. The second-order valence-electron chi connectivity index (χ2n) is 9.62. The lowest BCUT2D eigenvalue weighted by atomic mass is 10.2. The maximum absolute atomic E-state index is 11.7. The highest BCUT2D eigenvalue weighted by Gasteiger charge is 2.16. The van der Waals surface area contributed by atoms with Gasteiger partial charge in [0.2, 0.25) is 5.95 Å². The van der Waals surface area contributed by atoms with E-state index in [1.165, 1.54) is 11.2 Å². The Morgan fingerprint density at radius 1 is 1.26 bits per heavy atom. The quantitative estimate of drug-likeness (QED) is 0.0650. The third-order valence-electron chi connectivity index (χ3n) is 4.80. The van der Waals surface area contributed by atoms with Crippen molar-refractivity contribution in [2.45, 2.75) is 79.8 Å². The van der Waals surface area contributed by atoms with Gasteiger partial charge in [0.1, 0.15) is 5.60 Å². The van der Waals surface area contributed by atoms with Gasteiger partial charge in [0.25, 0.3) is 0 Å². The molecule has 42 heavy (non-hydrogen) atoms. The maximum atomic E-state index is 11.7. The van der Waals surface area contributed by atoms with Gasteiger partial charge in [-0.25, -0.2) is 15.6 Å². The van der Waals surface area contributed by atoms with Crippen LogP contribution in [0.2, 0.25) is 0 Å². The molecule has 1 aromatic rings. The van der Waals surface area contributed by atoms with E-state index in [4.69, 9.17) is 21.4 Å². The average Bonchev–Trinajstić information content (AvgIpc) is 2.93. The molecule has 1 aromatic heterocycles. The van der Waals surface area contributed by atoms with Crippen molar-refractivity contribution >= 4 is 35.7 Å². The molecule has 7 N–H and O–H groups in total. The molecule has 1 rings (SSSR count). The van der Waals surface area contributed by atoms with Crippen molar-refractivity contribution < 1.29 is 19.4 Å². The van der Waals surface area contributed by atoms with Gasteiger partial charge >= 0.3 is 12.1 Å². The van der Waals surface area contributed by atoms with Crippen LogP contribution in [-0.4, -0.2) is 71.0 Å². The van der Waals surface area contributed by atoms with Gasteiger partial charge in [0.05, 0.1) is 23.3 Å². The Balaban J connectivity index is 0. The summed E-state index contributed by atoms with van der Waals surface area (Å²) < 4.78 is 5.22. The summed E-state index contributed by atoms with van der Waals surface area (Å²) in [6.07, 6.45) is 10.7. The van der Waals surface area contributed by atoms with Crippen LogP contribution in [0.15, 0.2) is 47.5 Å². The summed E-state index contributed by atoms with van der Waals surface area (Å²) in [6.45, 7) is 18.3. The molecule has 1 heterocycles. The minimum Gasteiger partial charge on any atom is -0.481 e. The fourth-order valence-electron chi connectivity index (χ4n) is 2.87. The van der Waals surface area contributed by atoms with E-state index in [1.54, 1.807) is 19.3 Å². The van der Waals surface area contributed by atoms with E-state index in [-0.39, 0.29) is 0 Å². The average molecular weight is 592 g/mol. The van der Waals surface area contributed by atoms with Crippen LogP contribution in [0.5, 0.6) is 0 Å². The number of carbonyl (C=O) groups excluding carboxylic acids is 1. The lowest BCUT2D eigenvalue weighted by Crippen LogP contribution is -2.34. The number of nitrogens with zero attached hydrogens (tertiary/aromatic N) is 5. The molecule has 0 unspecified atom stereocenters. The molecule has 13 nitrogen and oxygen atoms in total. The number of nitrogens with two attached hydrogens (primary N) is 2. The fourth-order valence-corrected chi connectivity index (χ4v) is 2.87. The first-order chi connectivity index (χ1) is 19.8. The number of nitrogens with one attached hydrogen (secondary N) is 2. The monoisotopic (exact) mass is 591 g/mol. The number of alkyl carbamates (subject to hydrolysis) is 1. The fraction of sp³-hybridized carbons (Fsp3) is 0.552. The van der Waals surface area contributed by atoms with E-state index in [1.807, 2.05) is 72.7 Å². The normalized spacial score (nSPS) is 11.4. The minimum absolute atomic E-state index is 0.311. The van der Waals surface area contributed by atoms with Crippen molar-refractivity contribution in [3.05, 3.63) is 42.5 Å². The number of amides is 1. The van der Waals surface area contributed by atoms with Crippen molar-refractivity contribution in [1.82, 2.24) is 20.2 Å². The van der Waals surface area contributed by atoms with Gasteiger partial charge in [-0.3, -0.25) is 14.8 Å². The highest BCUT2D eigenvalue weighted by atomic mass is 16.6. The highest BCUT2D eigenvalue weighted by Crippen LogP contribution is 2.22. The lowest BCUT2D eigenvalue weighted by Gasteiger charge is -2.23. The molecule has 0 atom stereocenters. The van der Waals surface area contributed by atoms with Gasteiger partial charge in [-0.05, 0) is 46.6 Å². The number of carboxylic acid groups (broad SMARTS) is 1. The third kappa shape index (κ3) is 19.0. The predicted octanol–water partition coefficient (Wildman–Crippen LogP) is 4.92. The number of nitrogen functional groups attached to an aromatic ring is 1. The molecule has 238 valence electrons. The Morgan fingerprint density at radius 3 is 2.38 bits per heavy atom. The van der Waals surface area contributed by atoms with Gasteiger partial charge < -0.3 is 31.1 Å². The molecule has 0 fully saturated rings. The number of hydrogen-bond donors (Lipinski definition) is 5. The largest absolute Gasteiger partial charge is 0.481 e. The van der Waals surface area contributed by atoms with Crippen LogP contribution in [0.1, 0.15) is 74.1 Å². The number of aliphatic carboxylic acids is 1. The zero-order chi connectivity index (χ0) is 32.7. The Kier molecular flexibility index (Phi) is 21.5. The maximum Gasteiger partial charge on any atom is 0.407 e. The summed E-state index contributed by atoms with van der Waals surface area (Å²) in [5.74, 6) is 6.25. The number of allylic oxidation sites excluding steroid dienone is 3. The first-order valence-electron chi connectivity index (χ1n) is 14.0. The van der Waals surface area contributed by atoms with E-state index >= 15 is 0 Å². The van der Waals surface area contributed by atoms with Crippen LogP contribution in [0.25, 0.3) is 0 Å². The predicted molar refractivity (Wildman–Crippen MR) is 173 cm³/mol. The number of rotatable bonds is 14. The Hall–Kier alpha value is -4.13. The van der Waals surface area contributed by atoms with E-state index in [0.29, 0.717) is 49.1 Å². The molecule has 0 aliphatic rings. The summed E-state index contributed by atoms with van der Waals surface area (Å²) in [7, 11) is 3.57. The van der Waals surface area contributed by atoms with Crippen molar-refractivity contribution in [3.8, 4) is 0 Å². The number of hydrogen-bond acceptors (Lipinski definition) is 11. The molecule has 0 aromatic carbocycles. The molecule has 1 amide bonds. The zero-order valence-electron chi connectivity index (χ0n) is 26.9. The van der Waals surface area contributed by atoms with Gasteiger partial charge in [-0.1, -0.05) is 39.8 Å². The molecule has 0 spiro atoms. The van der Waals surface area contributed by atoms with Crippen LogP contribution < -0.4 is 27.2 Å². The molecule has 0 radical (unpaired) electrons. The number of carbonyl (C=O) groups is 2. The van der Waals surface area contributed by atoms with E-state index in [2.05, 4.69) is 32.2 Å². The zero-order valence-corrected chi connectivity index (χ0v) is 26.9. The molecule has 0 aliphatic carbocycles. The molecule has 0 saturated carbocycles. The van der Waals surface area contributed by atoms with Crippen molar-refractivity contribution in [2.75, 3.05) is 43.2 Å². The Morgan fingerprint density at radius 2 is 1.90 bits per heavy atom. The van der Waals surface area contributed by atoms with Gasteiger partial charge in [-0.15, -0.1) is 0 Å². The summed E-state index contributed by atoms with van der Waals surface area (Å²) >= 11 is 0. The molecule has 0 saturated heterocycles. The van der Waals surface area contributed by atoms with Crippen LogP contribution >= 0.6 is 0 Å². The number of hydrazine groups is 1. The lowest BCUT2D eigenvalue weighted by molar-refractivity contribution is -0.137. The van der Waals surface area contributed by atoms with Gasteiger partial charge in [-0.2, -0.15) is 4.98 Å². The van der Waals surface area contributed by atoms with E-state index in [9.17, 15) is 9.59 Å². The molecule has 0 aliphatic heterocycles. The van der Waals surface area contributed by atoms with E-state index < -0.39 is 17.7 Å². The van der Waals surface area contributed by atoms with Gasteiger partial charge in [0, 0.05) is 46.0 Å². The smallest absolute Gasteiger partial charge is 0.407 e. The van der Waals surface area contributed by atoms with Crippen LogP contribution in [0.3, 0.4) is 0 Å². The second-order valence-corrected chi connectivity index (χ2v) is 9.62. The molecule has 0 bridgehead atoms. The SMILES string of the molecule is C=C/C(=C\N(C)CCCNC(=O)OC(C)(C)C)N(N)c1nc(N/C(C=NC)=C/C)ncc1N.CC.CCCCC(=O)O. The van der Waals surface area contributed by atoms with Crippen molar-refractivity contribution in [3.63, 3.8) is 0 Å². The first kappa shape index (κ1) is 40.0. The first-order valence-corrected chi connectivity index (χ1v) is 14.0.